The lowest BCUT2D eigenvalue weighted by atomic mass is 10.1. The third kappa shape index (κ3) is 2.65. The van der Waals surface area contributed by atoms with Crippen molar-refractivity contribution in [3.63, 3.8) is 0 Å². The van der Waals surface area contributed by atoms with E-state index in [1.165, 1.54) is 16.8 Å². The van der Waals surface area contributed by atoms with E-state index in [2.05, 4.69) is 45.3 Å². The maximum atomic E-state index is 5.71. The van der Waals surface area contributed by atoms with Crippen molar-refractivity contribution < 1.29 is 0 Å². The van der Waals surface area contributed by atoms with Crippen LogP contribution in [0.5, 0.6) is 0 Å². The molecule has 5 heteroatoms. The van der Waals surface area contributed by atoms with E-state index in [0.717, 1.165) is 36.5 Å². The number of nitrogens with two attached hydrogens (primary N) is 1. The van der Waals surface area contributed by atoms with E-state index in [0.29, 0.717) is 5.82 Å². The standard InChI is InChI=1S/C18H19N5/c1-23-9-8-14-10-12(2-7-16(14)23)11-17-20-18(22-21-17)13-3-5-15(19)6-4-13/h2-7,10H,8-9,11,19H2,1H3,(H,20,21,22). The number of hydrogen-bond donors (Lipinski definition) is 2. The van der Waals surface area contributed by atoms with Gasteiger partial charge >= 0.3 is 0 Å². The minimum atomic E-state index is 0.709. The Hall–Kier alpha value is -2.82. The largest absolute Gasteiger partial charge is 0.399 e. The molecule has 0 radical (unpaired) electrons. The van der Waals surface area contributed by atoms with Crippen LogP contribution in [0.1, 0.15) is 17.0 Å². The van der Waals surface area contributed by atoms with Crippen molar-refractivity contribution in [1.82, 2.24) is 15.2 Å². The molecule has 0 amide bonds. The van der Waals surface area contributed by atoms with Crippen molar-refractivity contribution >= 4 is 11.4 Å². The van der Waals surface area contributed by atoms with Crippen LogP contribution in [0.25, 0.3) is 11.4 Å². The number of nitrogens with zero attached hydrogens (tertiary/aromatic N) is 3. The second-order valence-corrected chi connectivity index (χ2v) is 6.04. The van der Waals surface area contributed by atoms with Gasteiger partial charge in [0.15, 0.2) is 5.82 Å². The van der Waals surface area contributed by atoms with E-state index in [1.807, 2.05) is 24.3 Å². The summed E-state index contributed by atoms with van der Waals surface area (Å²) in [5.74, 6) is 1.59. The van der Waals surface area contributed by atoms with Gasteiger partial charge in [0, 0.05) is 37.0 Å². The molecular weight excluding hydrogens is 286 g/mol. The number of hydrogen-bond acceptors (Lipinski definition) is 4. The fourth-order valence-electron chi connectivity index (χ4n) is 3.06. The molecule has 1 aromatic heterocycles. The Morgan fingerprint density at radius 2 is 2.00 bits per heavy atom. The number of nitrogen functional groups attached to an aromatic ring is 1. The minimum absolute atomic E-state index is 0.709. The van der Waals surface area contributed by atoms with Gasteiger partial charge in [0.1, 0.15) is 5.82 Å². The summed E-state index contributed by atoms with van der Waals surface area (Å²) in [6.45, 7) is 1.10. The molecule has 2 heterocycles. The lowest BCUT2D eigenvalue weighted by molar-refractivity contribution is 0.954. The van der Waals surface area contributed by atoms with Crippen LogP contribution in [0.2, 0.25) is 0 Å². The maximum absolute atomic E-state index is 5.71. The van der Waals surface area contributed by atoms with Crippen LogP contribution in [0, 0.1) is 0 Å². The Balaban J connectivity index is 1.55. The molecule has 0 spiro atoms. The second kappa shape index (κ2) is 5.43. The average molecular weight is 305 g/mol. The fourth-order valence-corrected chi connectivity index (χ4v) is 3.06. The van der Waals surface area contributed by atoms with Gasteiger partial charge in [0.2, 0.25) is 0 Å². The van der Waals surface area contributed by atoms with Crippen LogP contribution < -0.4 is 10.6 Å². The zero-order valence-corrected chi connectivity index (χ0v) is 13.1. The second-order valence-electron chi connectivity index (χ2n) is 6.04. The molecule has 0 unspecified atom stereocenters. The normalized spacial score (nSPS) is 13.3. The van der Waals surface area contributed by atoms with Gasteiger partial charge in [-0.15, -0.1) is 0 Å². The quantitative estimate of drug-likeness (QED) is 0.730. The molecule has 1 aliphatic heterocycles. The van der Waals surface area contributed by atoms with Gasteiger partial charge in [-0.25, -0.2) is 4.98 Å². The number of anilines is 2. The predicted octanol–water partition coefficient (Wildman–Crippen LogP) is 2.64. The van der Waals surface area contributed by atoms with E-state index in [1.54, 1.807) is 0 Å². The Labute approximate surface area is 135 Å². The molecule has 0 fully saturated rings. The summed E-state index contributed by atoms with van der Waals surface area (Å²) >= 11 is 0. The topological polar surface area (TPSA) is 70.8 Å². The van der Waals surface area contributed by atoms with Crippen molar-refractivity contribution in [2.75, 3.05) is 24.2 Å². The Morgan fingerprint density at radius 3 is 2.83 bits per heavy atom. The predicted molar refractivity (Wildman–Crippen MR) is 92.5 cm³/mol. The first kappa shape index (κ1) is 13.8. The van der Waals surface area contributed by atoms with Crippen LogP contribution >= 0.6 is 0 Å². The lowest BCUT2D eigenvalue weighted by Crippen LogP contribution is -2.12. The molecule has 0 aliphatic carbocycles. The summed E-state index contributed by atoms with van der Waals surface area (Å²) in [5, 5.41) is 7.35. The van der Waals surface area contributed by atoms with E-state index in [4.69, 9.17) is 5.73 Å². The molecule has 5 nitrogen and oxygen atoms in total. The highest BCUT2D eigenvalue weighted by molar-refractivity contribution is 5.59. The van der Waals surface area contributed by atoms with Gasteiger partial charge in [-0.1, -0.05) is 12.1 Å². The zero-order chi connectivity index (χ0) is 15.8. The number of rotatable bonds is 3. The summed E-state index contributed by atoms with van der Waals surface area (Å²) in [6.07, 6.45) is 1.88. The van der Waals surface area contributed by atoms with Crippen LogP contribution in [-0.2, 0) is 12.8 Å². The average Bonchev–Trinajstić information content (AvgIpc) is 3.16. The van der Waals surface area contributed by atoms with Crippen molar-refractivity contribution in [2.24, 2.45) is 0 Å². The van der Waals surface area contributed by atoms with Crippen LogP contribution in [0.15, 0.2) is 42.5 Å². The Kier molecular flexibility index (Phi) is 3.26. The molecule has 23 heavy (non-hydrogen) atoms. The van der Waals surface area contributed by atoms with E-state index >= 15 is 0 Å². The smallest absolute Gasteiger partial charge is 0.181 e. The molecule has 0 bridgehead atoms. The van der Waals surface area contributed by atoms with Crippen molar-refractivity contribution in [3.8, 4) is 11.4 Å². The molecule has 0 atom stereocenters. The van der Waals surface area contributed by atoms with Gasteiger partial charge in [0.25, 0.3) is 0 Å². The molecule has 116 valence electrons. The van der Waals surface area contributed by atoms with Crippen LogP contribution in [0.3, 0.4) is 0 Å². The third-order valence-electron chi connectivity index (χ3n) is 4.34. The first-order valence-corrected chi connectivity index (χ1v) is 7.79. The molecule has 1 aliphatic rings. The highest BCUT2D eigenvalue weighted by Crippen LogP contribution is 2.28. The van der Waals surface area contributed by atoms with Crippen molar-refractivity contribution in [3.05, 3.63) is 59.4 Å². The van der Waals surface area contributed by atoms with Crippen LogP contribution in [0.4, 0.5) is 11.4 Å². The van der Waals surface area contributed by atoms with Crippen molar-refractivity contribution in [2.45, 2.75) is 12.8 Å². The molecule has 2 aromatic carbocycles. The first-order valence-electron chi connectivity index (χ1n) is 7.79. The summed E-state index contributed by atoms with van der Waals surface area (Å²) in [4.78, 5) is 6.89. The molecule has 0 saturated carbocycles. The van der Waals surface area contributed by atoms with Crippen molar-refractivity contribution in [1.29, 1.82) is 0 Å². The number of fused-ring (bicyclic) bond motifs is 1. The number of aromatic amines is 1. The van der Waals surface area contributed by atoms with E-state index in [9.17, 15) is 0 Å². The number of likely N-dealkylation sites (N-methyl/N-ethyl adjacent to an activating group) is 1. The van der Waals surface area contributed by atoms with Gasteiger partial charge in [-0.2, -0.15) is 5.10 Å². The monoisotopic (exact) mass is 305 g/mol. The summed E-state index contributed by atoms with van der Waals surface area (Å²) in [5.41, 5.74) is 11.5. The fraction of sp³-hybridized carbons (Fsp3) is 0.222. The third-order valence-corrected chi connectivity index (χ3v) is 4.34. The minimum Gasteiger partial charge on any atom is -0.399 e. The van der Waals surface area contributed by atoms with Crippen LogP contribution in [-0.4, -0.2) is 28.8 Å². The zero-order valence-electron chi connectivity index (χ0n) is 13.1. The van der Waals surface area contributed by atoms with E-state index in [-0.39, 0.29) is 0 Å². The number of benzene rings is 2. The highest BCUT2D eigenvalue weighted by atomic mass is 15.2. The van der Waals surface area contributed by atoms with Gasteiger partial charge in [-0.05, 0) is 47.9 Å². The first-order chi connectivity index (χ1) is 11.2. The SMILES string of the molecule is CN1CCc2cc(Cc3nc(-c4ccc(N)cc4)n[nH]3)ccc21. The summed E-state index contributed by atoms with van der Waals surface area (Å²) in [7, 11) is 2.14. The maximum Gasteiger partial charge on any atom is 0.181 e. The van der Waals surface area contributed by atoms with E-state index < -0.39 is 0 Å². The Morgan fingerprint density at radius 1 is 1.17 bits per heavy atom. The number of nitrogens with one attached hydrogen (secondary N) is 1. The molecule has 0 saturated heterocycles. The van der Waals surface area contributed by atoms with Gasteiger partial charge in [0.05, 0.1) is 0 Å². The Bertz CT molecular complexity index is 835. The summed E-state index contributed by atoms with van der Waals surface area (Å²) in [6, 6.07) is 14.3. The number of H-pyrrole nitrogens is 1. The van der Waals surface area contributed by atoms with Gasteiger partial charge < -0.3 is 10.6 Å². The number of aromatic nitrogens is 3. The van der Waals surface area contributed by atoms with Gasteiger partial charge in [-0.3, -0.25) is 5.10 Å². The molecule has 4 rings (SSSR count). The molecule has 3 N–H and O–H groups in total. The molecular formula is C18H19N5. The lowest BCUT2D eigenvalue weighted by Gasteiger charge is -2.11. The highest BCUT2D eigenvalue weighted by Gasteiger charge is 2.16. The summed E-state index contributed by atoms with van der Waals surface area (Å²) < 4.78 is 0. The molecule has 3 aromatic rings.